The molecule has 0 N–H and O–H groups in total. The molecular formula is C25H33NO3S. The Morgan fingerprint density at radius 2 is 1.73 bits per heavy atom. The van der Waals surface area contributed by atoms with Gasteiger partial charge in [-0.1, -0.05) is 42.5 Å². The molecule has 0 saturated carbocycles. The van der Waals surface area contributed by atoms with Gasteiger partial charge in [0.2, 0.25) is 0 Å². The molecule has 0 aliphatic rings. The lowest BCUT2D eigenvalue weighted by atomic mass is 10.0. The second-order valence-corrected chi connectivity index (χ2v) is 8.53. The zero-order valence-corrected chi connectivity index (χ0v) is 19.3. The van der Waals surface area contributed by atoms with E-state index in [1.807, 2.05) is 70.2 Å². The van der Waals surface area contributed by atoms with Crippen LogP contribution < -0.4 is 4.74 Å². The Balaban J connectivity index is 2.26. The normalized spacial score (nSPS) is 12.1. The fourth-order valence-corrected chi connectivity index (χ4v) is 3.36. The third-order valence-electron chi connectivity index (χ3n) is 4.29. The van der Waals surface area contributed by atoms with E-state index < -0.39 is 0 Å². The topological polar surface area (TPSA) is 38.8 Å². The molecule has 0 bridgehead atoms. The van der Waals surface area contributed by atoms with E-state index in [4.69, 9.17) is 9.47 Å². The number of thiol groups is 1. The Labute approximate surface area is 186 Å². The van der Waals surface area contributed by atoms with E-state index in [1.165, 1.54) is 5.56 Å². The lowest BCUT2D eigenvalue weighted by molar-refractivity contribution is -0.137. The summed E-state index contributed by atoms with van der Waals surface area (Å²) in [6, 6.07) is 18.2. The van der Waals surface area contributed by atoms with E-state index in [9.17, 15) is 4.79 Å². The number of rotatable bonds is 10. The van der Waals surface area contributed by atoms with Crippen LogP contribution in [0.15, 0.2) is 60.7 Å². The summed E-state index contributed by atoms with van der Waals surface area (Å²) in [7, 11) is 0. The molecule has 0 unspecified atom stereocenters. The van der Waals surface area contributed by atoms with Crippen molar-refractivity contribution in [1.29, 1.82) is 0 Å². The monoisotopic (exact) mass is 427 g/mol. The average molecular weight is 428 g/mol. The quantitative estimate of drug-likeness (QED) is 0.320. The van der Waals surface area contributed by atoms with Crippen molar-refractivity contribution in [2.75, 3.05) is 25.4 Å². The molecule has 4 nitrogen and oxygen atoms in total. The summed E-state index contributed by atoms with van der Waals surface area (Å²) < 4.78 is 11.1. The minimum Gasteiger partial charge on any atom is -0.488 e. The molecule has 0 spiro atoms. The van der Waals surface area contributed by atoms with Crippen molar-refractivity contribution >= 4 is 24.2 Å². The number of carbonyl (C=O) groups is 1. The van der Waals surface area contributed by atoms with Gasteiger partial charge in [-0.15, -0.1) is 0 Å². The maximum atomic E-state index is 12.2. The highest BCUT2D eigenvalue weighted by Gasteiger charge is 2.14. The van der Waals surface area contributed by atoms with Gasteiger partial charge in [0.25, 0.3) is 0 Å². The number of hydrogen-bond acceptors (Lipinski definition) is 5. The molecule has 0 atom stereocenters. The number of benzene rings is 2. The van der Waals surface area contributed by atoms with E-state index in [0.29, 0.717) is 13.2 Å². The van der Waals surface area contributed by atoms with Crippen molar-refractivity contribution < 1.29 is 14.3 Å². The van der Waals surface area contributed by atoms with Gasteiger partial charge in [0, 0.05) is 31.5 Å². The van der Waals surface area contributed by atoms with Crippen LogP contribution in [0.1, 0.15) is 38.8 Å². The highest BCUT2D eigenvalue weighted by atomic mass is 32.1. The number of ether oxygens (including phenoxy) is 2. The van der Waals surface area contributed by atoms with Gasteiger partial charge in [-0.25, -0.2) is 4.79 Å². The number of carbonyl (C=O) groups excluding carboxylic acids is 1. The van der Waals surface area contributed by atoms with Gasteiger partial charge < -0.3 is 9.47 Å². The second-order valence-electron chi connectivity index (χ2n) is 8.08. The van der Waals surface area contributed by atoms with E-state index in [0.717, 1.165) is 35.7 Å². The molecule has 30 heavy (non-hydrogen) atoms. The zero-order valence-electron chi connectivity index (χ0n) is 18.4. The number of esters is 1. The van der Waals surface area contributed by atoms with Gasteiger partial charge in [-0.05, 0) is 56.5 Å². The highest BCUT2D eigenvalue weighted by Crippen LogP contribution is 2.23. The molecule has 2 aromatic carbocycles. The largest absolute Gasteiger partial charge is 0.488 e. The summed E-state index contributed by atoms with van der Waals surface area (Å²) in [5.74, 6) is 1.21. The zero-order chi connectivity index (χ0) is 22.0. The molecule has 162 valence electrons. The molecule has 0 radical (unpaired) electrons. The van der Waals surface area contributed by atoms with Gasteiger partial charge in [-0.3, -0.25) is 4.90 Å². The minimum absolute atomic E-state index is 0.260. The molecule has 0 amide bonds. The molecule has 0 fully saturated rings. The van der Waals surface area contributed by atoms with Crippen molar-refractivity contribution in [3.05, 3.63) is 71.8 Å². The first-order valence-electron chi connectivity index (χ1n) is 10.3. The standard InChI is InChI=1S/C25H33NO3S/c1-5-28-24(27)17-22(21-11-13-23(14-12-21)29-25(2,3)4)19-26(15-16-30)18-20-9-7-6-8-10-20/h6-14,17,30H,5,15-16,18-19H2,1-4H3/b22-17-. The lowest BCUT2D eigenvalue weighted by Gasteiger charge is -2.24. The first-order valence-corrected chi connectivity index (χ1v) is 11.0. The summed E-state index contributed by atoms with van der Waals surface area (Å²) in [5, 5.41) is 0. The van der Waals surface area contributed by atoms with Gasteiger partial charge in [0.1, 0.15) is 11.4 Å². The van der Waals surface area contributed by atoms with Crippen molar-refractivity contribution in [3.8, 4) is 5.75 Å². The van der Waals surface area contributed by atoms with E-state index in [2.05, 4.69) is 29.7 Å². The van der Waals surface area contributed by atoms with Crippen LogP contribution in [0, 0.1) is 0 Å². The molecule has 0 aliphatic carbocycles. The van der Waals surface area contributed by atoms with Gasteiger partial charge in [0.05, 0.1) is 6.61 Å². The average Bonchev–Trinajstić information content (AvgIpc) is 2.68. The molecule has 0 heterocycles. The van der Waals surface area contributed by atoms with Crippen LogP contribution in [0.25, 0.3) is 5.57 Å². The number of hydrogen-bond donors (Lipinski definition) is 1. The van der Waals surface area contributed by atoms with Gasteiger partial charge in [-0.2, -0.15) is 12.6 Å². The SMILES string of the molecule is CCOC(=O)/C=C(/CN(CCS)Cc1ccccc1)c1ccc(OC(C)(C)C)cc1. The molecule has 0 saturated heterocycles. The van der Waals surface area contributed by atoms with Crippen molar-refractivity contribution in [3.63, 3.8) is 0 Å². The van der Waals surface area contributed by atoms with Crippen molar-refractivity contribution in [2.45, 2.75) is 39.8 Å². The molecule has 5 heteroatoms. The van der Waals surface area contributed by atoms with Crippen LogP contribution in [0.2, 0.25) is 0 Å². The fourth-order valence-electron chi connectivity index (χ4n) is 3.08. The Morgan fingerprint density at radius 1 is 1.07 bits per heavy atom. The molecule has 2 rings (SSSR count). The Morgan fingerprint density at radius 3 is 2.30 bits per heavy atom. The van der Waals surface area contributed by atoms with E-state index in [-0.39, 0.29) is 11.6 Å². The molecule has 2 aromatic rings. The highest BCUT2D eigenvalue weighted by molar-refractivity contribution is 7.80. The Kier molecular flexibility index (Phi) is 9.47. The summed E-state index contributed by atoms with van der Waals surface area (Å²) >= 11 is 4.42. The maximum absolute atomic E-state index is 12.2. The summed E-state index contributed by atoms with van der Waals surface area (Å²) in [6.45, 7) is 10.4. The fraction of sp³-hybridized carbons (Fsp3) is 0.400. The summed E-state index contributed by atoms with van der Waals surface area (Å²) in [5.41, 5.74) is 2.85. The first-order chi connectivity index (χ1) is 14.3. The minimum atomic E-state index is -0.326. The van der Waals surface area contributed by atoms with Crippen LogP contribution in [0.4, 0.5) is 0 Å². The van der Waals surface area contributed by atoms with E-state index in [1.54, 1.807) is 6.08 Å². The maximum Gasteiger partial charge on any atom is 0.331 e. The third kappa shape index (κ3) is 8.64. The van der Waals surface area contributed by atoms with Crippen molar-refractivity contribution in [2.24, 2.45) is 0 Å². The Bertz CT molecular complexity index is 811. The van der Waals surface area contributed by atoms with Gasteiger partial charge in [0.15, 0.2) is 0 Å². The summed E-state index contributed by atoms with van der Waals surface area (Å²) in [4.78, 5) is 14.5. The van der Waals surface area contributed by atoms with Crippen LogP contribution in [0.5, 0.6) is 5.75 Å². The first kappa shape index (κ1) is 24.0. The van der Waals surface area contributed by atoms with Gasteiger partial charge >= 0.3 is 5.97 Å². The molecule has 0 aromatic heterocycles. The van der Waals surface area contributed by atoms with Crippen LogP contribution in [-0.4, -0.2) is 41.9 Å². The predicted octanol–water partition coefficient (Wildman–Crippen LogP) is 5.24. The van der Waals surface area contributed by atoms with E-state index >= 15 is 0 Å². The predicted molar refractivity (Wildman–Crippen MR) is 127 cm³/mol. The van der Waals surface area contributed by atoms with Crippen LogP contribution in [0.3, 0.4) is 0 Å². The smallest absolute Gasteiger partial charge is 0.331 e. The van der Waals surface area contributed by atoms with Crippen molar-refractivity contribution in [1.82, 2.24) is 4.90 Å². The van der Waals surface area contributed by atoms with Crippen LogP contribution >= 0.6 is 12.6 Å². The Hall–Kier alpha value is -2.24. The lowest BCUT2D eigenvalue weighted by Crippen LogP contribution is -2.27. The second kappa shape index (κ2) is 11.8. The molecular weight excluding hydrogens is 394 g/mol. The van der Waals surface area contributed by atoms with Crippen LogP contribution in [-0.2, 0) is 16.1 Å². The number of nitrogens with zero attached hydrogens (tertiary/aromatic N) is 1. The molecule has 0 aliphatic heterocycles. The third-order valence-corrected chi connectivity index (χ3v) is 4.49. The summed E-state index contributed by atoms with van der Waals surface area (Å²) in [6.07, 6.45) is 1.60.